The molecule has 1 nitrogen and oxygen atoms in total. The van der Waals surface area contributed by atoms with Gasteiger partial charge in [-0.3, -0.25) is 0 Å². The lowest BCUT2D eigenvalue weighted by molar-refractivity contribution is 0.242. The third-order valence-electron chi connectivity index (χ3n) is 2.14. The molecule has 0 aliphatic rings. The number of ether oxygens (including phenoxy) is 1. The zero-order valence-electron chi connectivity index (χ0n) is 10.4. The fourth-order valence-electron chi connectivity index (χ4n) is 1.43. The van der Waals surface area contributed by atoms with Gasteiger partial charge >= 0.3 is 0 Å². The summed E-state index contributed by atoms with van der Waals surface area (Å²) in [5.74, 6) is 7.17. The summed E-state index contributed by atoms with van der Waals surface area (Å²) in [6, 6.07) is 8.29. The molecule has 0 radical (unpaired) electrons. The highest BCUT2D eigenvalue weighted by Crippen LogP contribution is 2.14. The maximum absolute atomic E-state index is 5.58. The first kappa shape index (κ1) is 12.6. The Morgan fingerprint density at radius 2 is 1.81 bits per heavy atom. The Kier molecular flexibility index (Phi) is 5.50. The minimum atomic E-state index is 0.237. The predicted molar refractivity (Wildman–Crippen MR) is 68.6 cm³/mol. The van der Waals surface area contributed by atoms with Crippen molar-refractivity contribution in [3.8, 4) is 17.6 Å². The highest BCUT2D eigenvalue weighted by molar-refractivity contribution is 5.27. The molecular weight excluding hydrogens is 196 g/mol. The van der Waals surface area contributed by atoms with E-state index in [2.05, 4.69) is 30.9 Å². The van der Waals surface area contributed by atoms with Gasteiger partial charge < -0.3 is 4.74 Å². The van der Waals surface area contributed by atoms with E-state index < -0.39 is 0 Å². The lowest BCUT2D eigenvalue weighted by Crippen LogP contribution is -2.05. The molecule has 0 atom stereocenters. The molecule has 1 heteroatoms. The molecule has 0 fully saturated rings. The molecule has 0 amide bonds. The van der Waals surface area contributed by atoms with Gasteiger partial charge in [0.1, 0.15) is 5.75 Å². The summed E-state index contributed by atoms with van der Waals surface area (Å²) in [5, 5.41) is 0. The predicted octanol–water partition coefficient (Wildman–Crippen LogP) is 3.82. The Morgan fingerprint density at radius 3 is 2.38 bits per heavy atom. The quantitative estimate of drug-likeness (QED) is 0.695. The van der Waals surface area contributed by atoms with Crippen LogP contribution in [0.5, 0.6) is 5.75 Å². The van der Waals surface area contributed by atoms with E-state index in [1.54, 1.807) is 0 Å². The summed E-state index contributed by atoms with van der Waals surface area (Å²) in [6.45, 7) is 6.15. The molecule has 0 saturated carbocycles. The van der Waals surface area contributed by atoms with Crippen molar-refractivity contribution in [3.05, 3.63) is 29.8 Å². The number of hydrogen-bond donors (Lipinski definition) is 0. The summed E-state index contributed by atoms with van der Waals surface area (Å²) in [6.07, 6.45) is 3.15. The Bertz CT molecular complexity index is 351. The van der Waals surface area contributed by atoms with Crippen LogP contribution in [0.4, 0.5) is 0 Å². The van der Waals surface area contributed by atoms with Crippen LogP contribution in [-0.4, -0.2) is 6.10 Å². The van der Waals surface area contributed by atoms with Crippen LogP contribution in [0.25, 0.3) is 0 Å². The van der Waals surface area contributed by atoms with Crippen molar-refractivity contribution in [2.24, 2.45) is 0 Å². The van der Waals surface area contributed by atoms with Gasteiger partial charge in [-0.05, 0) is 38.0 Å². The molecular formula is C15H20O. The topological polar surface area (TPSA) is 9.23 Å². The second kappa shape index (κ2) is 6.95. The fourth-order valence-corrected chi connectivity index (χ4v) is 1.43. The van der Waals surface area contributed by atoms with Crippen LogP contribution in [0.2, 0.25) is 0 Å². The van der Waals surface area contributed by atoms with Gasteiger partial charge in [-0.2, -0.15) is 0 Å². The maximum atomic E-state index is 5.58. The first-order chi connectivity index (χ1) is 7.72. The average molecular weight is 216 g/mol. The Hall–Kier alpha value is -1.42. The first-order valence-corrected chi connectivity index (χ1v) is 5.93. The molecule has 0 bridgehead atoms. The third-order valence-corrected chi connectivity index (χ3v) is 2.14. The average Bonchev–Trinajstić information content (AvgIpc) is 2.26. The van der Waals surface area contributed by atoms with Gasteiger partial charge in [-0.15, -0.1) is 11.8 Å². The van der Waals surface area contributed by atoms with Gasteiger partial charge in [0.05, 0.1) is 6.10 Å². The molecule has 0 aliphatic carbocycles. The molecule has 0 aliphatic heterocycles. The summed E-state index contributed by atoms with van der Waals surface area (Å²) >= 11 is 0. The van der Waals surface area contributed by atoms with Gasteiger partial charge in [0.15, 0.2) is 0 Å². The standard InChI is InChI=1S/C15H20O/c1-4-5-6-7-8-14-9-11-15(12-10-14)16-13(2)3/h9-13H,4,7-8H2,1-3H3. The van der Waals surface area contributed by atoms with Crippen LogP contribution in [0.3, 0.4) is 0 Å². The minimum Gasteiger partial charge on any atom is -0.491 e. The molecule has 0 heterocycles. The van der Waals surface area contributed by atoms with E-state index >= 15 is 0 Å². The fraction of sp³-hybridized carbons (Fsp3) is 0.467. The molecule has 0 aromatic heterocycles. The largest absolute Gasteiger partial charge is 0.491 e. The summed E-state index contributed by atoms with van der Waals surface area (Å²) < 4.78 is 5.58. The Labute approximate surface area is 98.8 Å². The smallest absolute Gasteiger partial charge is 0.119 e. The Morgan fingerprint density at radius 1 is 1.12 bits per heavy atom. The normalized spacial score (nSPS) is 9.75. The van der Waals surface area contributed by atoms with Crippen molar-refractivity contribution in [1.29, 1.82) is 0 Å². The molecule has 0 N–H and O–H groups in total. The van der Waals surface area contributed by atoms with Gasteiger partial charge in [0.25, 0.3) is 0 Å². The highest BCUT2D eigenvalue weighted by Gasteiger charge is 1.97. The van der Waals surface area contributed by atoms with Crippen molar-refractivity contribution < 1.29 is 4.74 Å². The van der Waals surface area contributed by atoms with Crippen LogP contribution in [0, 0.1) is 11.8 Å². The van der Waals surface area contributed by atoms with E-state index in [0.717, 1.165) is 25.0 Å². The van der Waals surface area contributed by atoms with E-state index in [-0.39, 0.29) is 6.10 Å². The lowest BCUT2D eigenvalue weighted by Gasteiger charge is -2.09. The van der Waals surface area contributed by atoms with Gasteiger partial charge in [0.2, 0.25) is 0 Å². The van der Waals surface area contributed by atoms with Gasteiger partial charge in [-0.1, -0.05) is 19.1 Å². The zero-order chi connectivity index (χ0) is 11.8. The van der Waals surface area contributed by atoms with E-state index in [0.29, 0.717) is 0 Å². The molecule has 1 aromatic rings. The second-order valence-corrected chi connectivity index (χ2v) is 4.02. The molecule has 16 heavy (non-hydrogen) atoms. The number of benzene rings is 1. The van der Waals surface area contributed by atoms with E-state index in [1.165, 1.54) is 5.56 Å². The second-order valence-electron chi connectivity index (χ2n) is 4.02. The van der Waals surface area contributed by atoms with E-state index in [9.17, 15) is 0 Å². The van der Waals surface area contributed by atoms with Crippen molar-refractivity contribution in [1.82, 2.24) is 0 Å². The summed E-state index contributed by atoms with van der Waals surface area (Å²) in [7, 11) is 0. The van der Waals surface area contributed by atoms with Crippen molar-refractivity contribution in [3.63, 3.8) is 0 Å². The summed E-state index contributed by atoms with van der Waals surface area (Å²) in [5.41, 5.74) is 1.32. The zero-order valence-corrected chi connectivity index (χ0v) is 10.4. The molecule has 86 valence electrons. The molecule has 0 spiro atoms. The molecule has 1 aromatic carbocycles. The summed E-state index contributed by atoms with van der Waals surface area (Å²) in [4.78, 5) is 0. The SMILES string of the molecule is CCC#CCCc1ccc(OC(C)C)cc1. The maximum Gasteiger partial charge on any atom is 0.119 e. The van der Waals surface area contributed by atoms with Crippen LogP contribution in [-0.2, 0) is 6.42 Å². The minimum absolute atomic E-state index is 0.237. The van der Waals surface area contributed by atoms with Crippen LogP contribution < -0.4 is 4.74 Å². The molecule has 0 saturated heterocycles. The van der Waals surface area contributed by atoms with Crippen molar-refractivity contribution in [2.45, 2.75) is 46.1 Å². The van der Waals surface area contributed by atoms with Crippen LogP contribution in [0.15, 0.2) is 24.3 Å². The van der Waals surface area contributed by atoms with E-state index in [1.807, 2.05) is 26.0 Å². The van der Waals surface area contributed by atoms with Crippen LogP contribution in [0.1, 0.15) is 39.2 Å². The number of aryl methyl sites for hydroxylation is 1. The molecule has 0 unspecified atom stereocenters. The lowest BCUT2D eigenvalue weighted by atomic mass is 10.1. The number of hydrogen-bond acceptors (Lipinski definition) is 1. The van der Waals surface area contributed by atoms with Gasteiger partial charge in [-0.25, -0.2) is 0 Å². The highest BCUT2D eigenvalue weighted by atomic mass is 16.5. The Balaban J connectivity index is 2.45. The third kappa shape index (κ3) is 4.89. The van der Waals surface area contributed by atoms with Crippen LogP contribution >= 0.6 is 0 Å². The monoisotopic (exact) mass is 216 g/mol. The van der Waals surface area contributed by atoms with Crippen molar-refractivity contribution in [2.75, 3.05) is 0 Å². The molecule has 1 rings (SSSR count). The number of rotatable bonds is 4. The van der Waals surface area contributed by atoms with E-state index in [4.69, 9.17) is 4.74 Å². The first-order valence-electron chi connectivity index (χ1n) is 5.93. The van der Waals surface area contributed by atoms with Gasteiger partial charge in [0, 0.05) is 12.8 Å². The van der Waals surface area contributed by atoms with Crippen molar-refractivity contribution >= 4 is 0 Å².